The van der Waals surface area contributed by atoms with Gasteiger partial charge in [0, 0.05) is 0 Å². The summed E-state index contributed by atoms with van der Waals surface area (Å²) in [6.45, 7) is 9.21. The molecule has 1 aliphatic carbocycles. The van der Waals surface area contributed by atoms with Gasteiger partial charge in [0.05, 0.1) is 0 Å². The molecule has 84 valence electrons. The van der Waals surface area contributed by atoms with Crippen LogP contribution in [0, 0.1) is 10.8 Å². The molecule has 0 saturated heterocycles. The number of hydrogen-bond acceptors (Lipinski definition) is 0. The van der Waals surface area contributed by atoms with Crippen LogP contribution in [0.2, 0.25) is 0 Å². The van der Waals surface area contributed by atoms with Crippen molar-refractivity contribution in [3.8, 4) is 0 Å². The molecule has 0 spiro atoms. The van der Waals surface area contributed by atoms with Gasteiger partial charge in [0.15, 0.2) is 0 Å². The van der Waals surface area contributed by atoms with Crippen molar-refractivity contribution in [2.24, 2.45) is 10.8 Å². The summed E-state index contributed by atoms with van der Waals surface area (Å²) in [7, 11) is 0. The fraction of sp³-hybridized carbons (Fsp3) is 1.00. The standard InChI is InChI=1S/C13H25F/c1-12(2,3)10-13(4)8-5-6-11(14)7-9-13/h11H,5-10H2,1-4H3. The molecule has 1 heteroatoms. The molecule has 1 rings (SSSR count). The lowest BCUT2D eigenvalue weighted by Crippen LogP contribution is -2.23. The maximum absolute atomic E-state index is 13.2. The van der Waals surface area contributed by atoms with Gasteiger partial charge >= 0.3 is 0 Å². The van der Waals surface area contributed by atoms with Crippen molar-refractivity contribution in [2.45, 2.75) is 72.4 Å². The van der Waals surface area contributed by atoms with E-state index < -0.39 is 6.17 Å². The van der Waals surface area contributed by atoms with E-state index in [0.29, 0.717) is 10.8 Å². The lowest BCUT2D eigenvalue weighted by Gasteiger charge is -2.35. The molecule has 2 unspecified atom stereocenters. The molecule has 0 bridgehead atoms. The van der Waals surface area contributed by atoms with Crippen LogP contribution >= 0.6 is 0 Å². The van der Waals surface area contributed by atoms with Crippen LogP contribution in [0.15, 0.2) is 0 Å². The van der Waals surface area contributed by atoms with Gasteiger partial charge in [0.25, 0.3) is 0 Å². The normalized spacial score (nSPS) is 35.4. The lowest BCUT2D eigenvalue weighted by molar-refractivity contribution is 0.163. The Hall–Kier alpha value is -0.0700. The van der Waals surface area contributed by atoms with Gasteiger partial charge < -0.3 is 0 Å². The SMILES string of the molecule is CC(C)(C)CC1(C)CCCC(F)CC1. The highest BCUT2D eigenvalue weighted by atomic mass is 19.1. The summed E-state index contributed by atoms with van der Waals surface area (Å²) in [5.41, 5.74) is 0.768. The molecular formula is C13H25F. The first kappa shape index (κ1) is 12.0. The fourth-order valence-electron chi connectivity index (χ4n) is 2.98. The van der Waals surface area contributed by atoms with E-state index in [1.54, 1.807) is 0 Å². The molecule has 1 fully saturated rings. The summed E-state index contributed by atoms with van der Waals surface area (Å²) in [6, 6.07) is 0. The number of halogens is 1. The van der Waals surface area contributed by atoms with Crippen molar-refractivity contribution in [3.63, 3.8) is 0 Å². The van der Waals surface area contributed by atoms with Crippen molar-refractivity contribution in [2.75, 3.05) is 0 Å². The van der Waals surface area contributed by atoms with Crippen molar-refractivity contribution in [1.82, 2.24) is 0 Å². The average molecular weight is 200 g/mol. The maximum atomic E-state index is 13.2. The second-order valence-corrected chi connectivity index (χ2v) is 6.58. The van der Waals surface area contributed by atoms with Crippen LogP contribution in [0.5, 0.6) is 0 Å². The Labute approximate surface area is 88.3 Å². The van der Waals surface area contributed by atoms with Crippen LogP contribution in [0.25, 0.3) is 0 Å². The van der Waals surface area contributed by atoms with Gasteiger partial charge in [0.1, 0.15) is 6.17 Å². The Balaban J connectivity index is 2.55. The molecule has 0 nitrogen and oxygen atoms in total. The Morgan fingerprint density at radius 3 is 2.43 bits per heavy atom. The summed E-state index contributed by atoms with van der Waals surface area (Å²) in [6.07, 6.45) is 5.64. The molecule has 2 atom stereocenters. The second-order valence-electron chi connectivity index (χ2n) is 6.58. The van der Waals surface area contributed by atoms with Crippen molar-refractivity contribution >= 4 is 0 Å². The van der Waals surface area contributed by atoms with Crippen molar-refractivity contribution in [1.29, 1.82) is 0 Å². The monoisotopic (exact) mass is 200 g/mol. The Morgan fingerprint density at radius 2 is 1.86 bits per heavy atom. The Bertz CT molecular complexity index is 180. The number of hydrogen-bond donors (Lipinski definition) is 0. The van der Waals surface area contributed by atoms with Gasteiger partial charge in [-0.2, -0.15) is 0 Å². The largest absolute Gasteiger partial charge is 0.247 e. The van der Waals surface area contributed by atoms with Gasteiger partial charge in [-0.1, -0.05) is 34.1 Å². The van der Waals surface area contributed by atoms with Gasteiger partial charge in [-0.25, -0.2) is 4.39 Å². The average Bonchev–Trinajstić information content (AvgIpc) is 2.10. The van der Waals surface area contributed by atoms with Crippen LogP contribution in [0.3, 0.4) is 0 Å². The number of alkyl halides is 1. The third-order valence-corrected chi connectivity index (χ3v) is 3.32. The fourth-order valence-corrected chi connectivity index (χ4v) is 2.98. The molecule has 0 amide bonds. The van der Waals surface area contributed by atoms with Crippen LogP contribution in [0.1, 0.15) is 66.2 Å². The molecule has 0 heterocycles. The summed E-state index contributed by atoms with van der Waals surface area (Å²) in [4.78, 5) is 0. The summed E-state index contributed by atoms with van der Waals surface area (Å²) in [5, 5.41) is 0. The molecule has 0 aromatic heterocycles. The molecule has 14 heavy (non-hydrogen) atoms. The molecule has 0 N–H and O–H groups in total. The first-order valence-corrected chi connectivity index (χ1v) is 5.95. The zero-order valence-electron chi connectivity index (χ0n) is 10.2. The quantitative estimate of drug-likeness (QED) is 0.537. The van der Waals surface area contributed by atoms with E-state index in [2.05, 4.69) is 27.7 Å². The van der Waals surface area contributed by atoms with Gasteiger partial charge in [-0.05, 0) is 42.9 Å². The summed E-state index contributed by atoms with van der Waals surface area (Å²) < 4.78 is 13.2. The number of rotatable bonds is 1. The maximum Gasteiger partial charge on any atom is 0.100 e. The van der Waals surface area contributed by atoms with Gasteiger partial charge in [0.2, 0.25) is 0 Å². The third-order valence-electron chi connectivity index (χ3n) is 3.32. The Morgan fingerprint density at radius 1 is 1.21 bits per heavy atom. The van der Waals surface area contributed by atoms with E-state index in [0.717, 1.165) is 25.7 Å². The predicted octanol–water partition coefficient (Wildman–Crippen LogP) is 4.73. The van der Waals surface area contributed by atoms with Gasteiger partial charge in [-0.15, -0.1) is 0 Å². The van der Waals surface area contributed by atoms with Crippen molar-refractivity contribution in [3.05, 3.63) is 0 Å². The zero-order valence-corrected chi connectivity index (χ0v) is 10.2. The van der Waals surface area contributed by atoms with Crippen LogP contribution in [-0.4, -0.2) is 6.17 Å². The van der Waals surface area contributed by atoms with E-state index >= 15 is 0 Å². The van der Waals surface area contributed by atoms with E-state index in [4.69, 9.17) is 0 Å². The minimum absolute atomic E-state index is 0.380. The van der Waals surface area contributed by atoms with E-state index in [9.17, 15) is 4.39 Å². The predicted molar refractivity (Wildman–Crippen MR) is 60.2 cm³/mol. The summed E-state index contributed by atoms with van der Waals surface area (Å²) in [5.74, 6) is 0. The van der Waals surface area contributed by atoms with E-state index in [1.807, 2.05) is 0 Å². The minimum Gasteiger partial charge on any atom is -0.247 e. The molecule has 0 aliphatic heterocycles. The molecule has 1 aliphatic rings. The molecule has 0 aromatic carbocycles. The second kappa shape index (κ2) is 4.20. The minimum atomic E-state index is -0.531. The van der Waals surface area contributed by atoms with Gasteiger partial charge in [-0.3, -0.25) is 0 Å². The lowest BCUT2D eigenvalue weighted by atomic mass is 9.71. The highest BCUT2D eigenvalue weighted by molar-refractivity contribution is 4.83. The molecular weight excluding hydrogens is 175 g/mol. The molecule has 1 saturated carbocycles. The summed E-state index contributed by atoms with van der Waals surface area (Å²) >= 11 is 0. The third kappa shape index (κ3) is 3.98. The van der Waals surface area contributed by atoms with Crippen LogP contribution in [-0.2, 0) is 0 Å². The topological polar surface area (TPSA) is 0 Å². The zero-order chi connectivity index (χ0) is 10.8. The van der Waals surface area contributed by atoms with E-state index in [-0.39, 0.29) is 0 Å². The van der Waals surface area contributed by atoms with Crippen LogP contribution in [0.4, 0.5) is 4.39 Å². The van der Waals surface area contributed by atoms with Crippen molar-refractivity contribution < 1.29 is 4.39 Å². The smallest absolute Gasteiger partial charge is 0.100 e. The first-order chi connectivity index (χ1) is 6.31. The molecule has 0 aromatic rings. The van der Waals surface area contributed by atoms with Crippen LogP contribution < -0.4 is 0 Å². The molecule has 0 radical (unpaired) electrons. The van der Waals surface area contributed by atoms with E-state index in [1.165, 1.54) is 12.8 Å². The highest BCUT2D eigenvalue weighted by Crippen LogP contribution is 2.43. The Kier molecular flexibility index (Phi) is 3.60. The highest BCUT2D eigenvalue weighted by Gasteiger charge is 2.32. The first-order valence-electron chi connectivity index (χ1n) is 5.95.